The number of carboxylic acids is 1. The van der Waals surface area contributed by atoms with Gasteiger partial charge in [0, 0.05) is 15.2 Å². The second kappa shape index (κ2) is 11.6. The fraction of sp³-hybridized carbons (Fsp3) is 0.314. The van der Waals surface area contributed by atoms with E-state index in [1.54, 1.807) is 0 Å². The first-order valence-corrected chi connectivity index (χ1v) is 14.9. The van der Waals surface area contributed by atoms with Crippen LogP contribution in [0, 0.1) is 5.41 Å². The summed E-state index contributed by atoms with van der Waals surface area (Å²) in [7, 11) is 0. The summed E-state index contributed by atoms with van der Waals surface area (Å²) in [6.07, 6.45) is 8.12. The van der Waals surface area contributed by atoms with Crippen molar-refractivity contribution >= 4 is 53.3 Å². The molecule has 4 nitrogen and oxygen atoms in total. The van der Waals surface area contributed by atoms with Gasteiger partial charge in [-0.2, -0.15) is 12.6 Å². The van der Waals surface area contributed by atoms with Crippen molar-refractivity contribution in [2.45, 2.75) is 62.7 Å². The van der Waals surface area contributed by atoms with E-state index >= 15 is 0 Å². The third kappa shape index (κ3) is 6.53. The fourth-order valence-electron chi connectivity index (χ4n) is 6.04. The van der Waals surface area contributed by atoms with Crippen LogP contribution in [0.25, 0.3) is 23.1 Å². The first-order valence-electron chi connectivity index (χ1n) is 14.1. The average molecular weight is 586 g/mol. The van der Waals surface area contributed by atoms with Gasteiger partial charge in [0.25, 0.3) is 0 Å². The topological polar surface area (TPSA) is 70.4 Å². The van der Waals surface area contributed by atoms with Gasteiger partial charge in [-0.15, -0.1) is 0 Å². The zero-order valence-electron chi connectivity index (χ0n) is 23.5. The predicted octanol–water partition coefficient (Wildman–Crippen LogP) is 8.69. The summed E-state index contributed by atoms with van der Waals surface area (Å²) in [5, 5.41) is 22.2. The van der Waals surface area contributed by atoms with Gasteiger partial charge < -0.3 is 10.2 Å². The van der Waals surface area contributed by atoms with E-state index in [9.17, 15) is 15.0 Å². The maximum atomic E-state index is 11.9. The molecule has 1 aliphatic rings. The standard InChI is InChI=1S/C35H36ClNO3S/c1-33(2,40)30-11-4-3-8-25(30)9-6-18-35(41,34(19-20-34)23-32(38)39)27-10-5-7-24(21-27)12-16-29-17-14-26-13-15-28(36)22-31(26)37-29/h3-5,7-8,10-17,21-22,40-41H,6,9,18-20,23H2,1-2H3,(H,38,39). The number of benzene rings is 3. The third-order valence-corrected chi connectivity index (χ3v) is 9.56. The number of aliphatic hydroxyl groups is 1. The molecule has 0 spiro atoms. The van der Waals surface area contributed by atoms with E-state index in [0.717, 1.165) is 71.0 Å². The molecule has 0 aliphatic heterocycles. The van der Waals surface area contributed by atoms with Gasteiger partial charge in [-0.25, -0.2) is 4.98 Å². The Kier molecular flexibility index (Phi) is 8.34. The molecule has 212 valence electrons. The van der Waals surface area contributed by atoms with Crippen molar-refractivity contribution in [3.8, 4) is 0 Å². The highest BCUT2D eigenvalue weighted by molar-refractivity contribution is 7.81. The van der Waals surface area contributed by atoms with Gasteiger partial charge in [0.15, 0.2) is 0 Å². The average Bonchev–Trinajstić information content (AvgIpc) is 3.72. The normalized spacial score (nSPS) is 16.1. The van der Waals surface area contributed by atoms with E-state index in [1.807, 2.05) is 86.7 Å². The number of hydrogen-bond donors (Lipinski definition) is 3. The number of carbonyl (C=O) groups is 1. The van der Waals surface area contributed by atoms with Crippen LogP contribution in [-0.2, 0) is 21.6 Å². The molecule has 4 aromatic rings. The Labute approximate surface area is 252 Å². The van der Waals surface area contributed by atoms with Gasteiger partial charge in [-0.05, 0) is 97.9 Å². The summed E-state index contributed by atoms with van der Waals surface area (Å²) in [4.78, 5) is 16.7. The molecule has 0 amide bonds. The molecule has 1 aliphatic carbocycles. The smallest absolute Gasteiger partial charge is 0.303 e. The highest BCUT2D eigenvalue weighted by Crippen LogP contribution is 2.65. The Morgan fingerprint density at radius 3 is 2.51 bits per heavy atom. The fourth-order valence-corrected chi connectivity index (χ4v) is 6.81. The Hall–Kier alpha value is -3.12. The Morgan fingerprint density at radius 1 is 1.02 bits per heavy atom. The molecule has 3 aromatic carbocycles. The summed E-state index contributed by atoms with van der Waals surface area (Å²) in [6.45, 7) is 3.62. The van der Waals surface area contributed by atoms with E-state index in [4.69, 9.17) is 29.2 Å². The van der Waals surface area contributed by atoms with Gasteiger partial charge in [0.1, 0.15) is 0 Å². The summed E-state index contributed by atoms with van der Waals surface area (Å²) < 4.78 is -0.600. The summed E-state index contributed by atoms with van der Waals surface area (Å²) in [5.41, 5.74) is 4.44. The van der Waals surface area contributed by atoms with Crippen LogP contribution < -0.4 is 0 Å². The van der Waals surface area contributed by atoms with Crippen LogP contribution in [0.1, 0.15) is 73.9 Å². The molecule has 1 fully saturated rings. The maximum absolute atomic E-state index is 11.9. The Balaban J connectivity index is 1.42. The van der Waals surface area contributed by atoms with E-state index in [-0.39, 0.29) is 11.8 Å². The van der Waals surface area contributed by atoms with Crippen molar-refractivity contribution in [1.82, 2.24) is 4.98 Å². The number of carboxylic acid groups (broad SMARTS) is 1. The van der Waals surface area contributed by atoms with E-state index in [1.165, 1.54) is 0 Å². The lowest BCUT2D eigenvalue weighted by atomic mass is 9.76. The molecule has 1 aromatic heterocycles. The molecule has 1 heterocycles. The quantitative estimate of drug-likeness (QED) is 0.154. The molecule has 41 heavy (non-hydrogen) atoms. The number of halogens is 1. The highest BCUT2D eigenvalue weighted by Gasteiger charge is 2.58. The largest absolute Gasteiger partial charge is 0.481 e. The van der Waals surface area contributed by atoms with Gasteiger partial charge >= 0.3 is 5.97 Å². The zero-order valence-corrected chi connectivity index (χ0v) is 25.1. The van der Waals surface area contributed by atoms with Gasteiger partial charge in [0.05, 0.1) is 23.2 Å². The summed E-state index contributed by atoms with van der Waals surface area (Å²) >= 11 is 11.5. The zero-order chi connectivity index (χ0) is 29.3. The van der Waals surface area contributed by atoms with Crippen molar-refractivity contribution in [3.63, 3.8) is 0 Å². The van der Waals surface area contributed by atoms with Crippen molar-refractivity contribution in [1.29, 1.82) is 0 Å². The van der Waals surface area contributed by atoms with Crippen LogP contribution in [0.5, 0.6) is 0 Å². The lowest BCUT2D eigenvalue weighted by molar-refractivity contribution is -0.138. The second-order valence-electron chi connectivity index (χ2n) is 11.8. The van der Waals surface area contributed by atoms with Crippen LogP contribution in [-0.4, -0.2) is 21.2 Å². The minimum Gasteiger partial charge on any atom is -0.481 e. The molecule has 2 N–H and O–H groups in total. The minimum absolute atomic E-state index is 0.0976. The molecule has 1 atom stereocenters. The molecule has 0 bridgehead atoms. The van der Waals surface area contributed by atoms with E-state index in [2.05, 4.69) is 18.2 Å². The van der Waals surface area contributed by atoms with Crippen molar-refractivity contribution in [3.05, 3.63) is 112 Å². The number of aryl methyl sites for hydroxylation is 1. The van der Waals surface area contributed by atoms with Crippen LogP contribution >= 0.6 is 24.2 Å². The molecule has 1 saturated carbocycles. The Bertz CT molecular complexity index is 1600. The van der Waals surface area contributed by atoms with Gasteiger partial charge in [-0.1, -0.05) is 78.3 Å². The van der Waals surface area contributed by atoms with Crippen LogP contribution in [0.4, 0.5) is 0 Å². The number of hydrogen-bond acceptors (Lipinski definition) is 4. The highest BCUT2D eigenvalue weighted by atomic mass is 35.5. The minimum atomic E-state index is -0.928. The number of aliphatic carboxylic acids is 1. The van der Waals surface area contributed by atoms with Gasteiger partial charge in [-0.3, -0.25) is 4.79 Å². The van der Waals surface area contributed by atoms with Crippen LogP contribution in [0.3, 0.4) is 0 Å². The number of aromatic nitrogens is 1. The van der Waals surface area contributed by atoms with Crippen LogP contribution in [0.15, 0.2) is 78.9 Å². The van der Waals surface area contributed by atoms with Gasteiger partial charge in [0.2, 0.25) is 0 Å². The first-order chi connectivity index (χ1) is 19.5. The Morgan fingerprint density at radius 2 is 1.78 bits per heavy atom. The second-order valence-corrected chi connectivity index (χ2v) is 13.0. The van der Waals surface area contributed by atoms with Crippen molar-refractivity contribution in [2.24, 2.45) is 5.41 Å². The number of thiol groups is 1. The number of pyridine rings is 1. The lowest BCUT2D eigenvalue weighted by Gasteiger charge is -2.38. The lowest BCUT2D eigenvalue weighted by Crippen LogP contribution is -2.33. The number of fused-ring (bicyclic) bond motifs is 1. The molecule has 5 rings (SSSR count). The molecule has 1 unspecified atom stereocenters. The third-order valence-electron chi connectivity index (χ3n) is 8.37. The molecule has 6 heteroatoms. The molecule has 0 radical (unpaired) electrons. The molecule has 0 saturated heterocycles. The van der Waals surface area contributed by atoms with E-state index < -0.39 is 16.3 Å². The number of nitrogens with zero attached hydrogens (tertiary/aromatic N) is 1. The maximum Gasteiger partial charge on any atom is 0.303 e. The van der Waals surface area contributed by atoms with E-state index in [0.29, 0.717) is 5.02 Å². The van der Waals surface area contributed by atoms with Crippen molar-refractivity contribution in [2.75, 3.05) is 0 Å². The predicted molar refractivity (Wildman–Crippen MR) is 171 cm³/mol. The monoisotopic (exact) mass is 585 g/mol. The SMILES string of the molecule is CC(C)(O)c1ccccc1CCCC(S)(c1cccc(C=Cc2ccc3ccc(Cl)cc3n2)c1)C1(CC(=O)O)CC1. The number of rotatable bonds is 11. The van der Waals surface area contributed by atoms with Crippen molar-refractivity contribution < 1.29 is 15.0 Å². The molecular weight excluding hydrogens is 550 g/mol. The summed E-state index contributed by atoms with van der Waals surface area (Å²) in [6, 6.07) is 26.0. The summed E-state index contributed by atoms with van der Waals surface area (Å²) in [5.74, 6) is -0.785. The first kappa shape index (κ1) is 29.4. The van der Waals surface area contributed by atoms with Crippen LogP contribution in [0.2, 0.25) is 5.02 Å². The molecular formula is C35H36ClNO3S.